The molecule has 3 aromatic rings. The van der Waals surface area contributed by atoms with Crippen LogP contribution in [0, 0.1) is 0 Å². The minimum absolute atomic E-state index is 0.127. The van der Waals surface area contributed by atoms with E-state index in [1.54, 1.807) is 5.38 Å². The number of thiazole rings is 2. The third-order valence-corrected chi connectivity index (χ3v) is 5.85. The third-order valence-electron chi connectivity index (χ3n) is 2.77. The molecule has 0 amide bonds. The van der Waals surface area contributed by atoms with Crippen molar-refractivity contribution >= 4 is 48.8 Å². The smallest absolute Gasteiger partial charge is 0.345 e. The zero-order valence-corrected chi connectivity index (χ0v) is 13.0. The van der Waals surface area contributed by atoms with Crippen LogP contribution in [0.5, 0.6) is 0 Å². The fourth-order valence-corrected chi connectivity index (χ4v) is 4.75. The number of carbonyl (C=O) groups excluding carboxylic acids is 1. The SMILES string of the molecule is CO/N=C(/C(=O)[O-])c1c[s+](-c2nc3ccccc3s2)c(N)n1. The van der Waals surface area contributed by atoms with Crippen molar-refractivity contribution in [2.45, 2.75) is 0 Å². The van der Waals surface area contributed by atoms with Gasteiger partial charge in [0, 0.05) is 0 Å². The molecule has 7 nitrogen and oxygen atoms in total. The lowest BCUT2D eigenvalue weighted by molar-refractivity contribution is -0.294. The largest absolute Gasteiger partial charge is 0.543 e. The van der Waals surface area contributed by atoms with Crippen LogP contribution >= 0.6 is 21.8 Å². The first-order valence-corrected chi connectivity index (χ1v) is 8.18. The summed E-state index contributed by atoms with van der Waals surface area (Å²) in [6.45, 7) is 0. The zero-order valence-electron chi connectivity index (χ0n) is 11.3. The molecule has 9 heteroatoms. The van der Waals surface area contributed by atoms with Crippen LogP contribution in [0.25, 0.3) is 14.6 Å². The number of carboxylic acid groups (broad SMARTS) is 1. The van der Waals surface area contributed by atoms with Gasteiger partial charge in [0.25, 0.3) is 0 Å². The number of hydrogen-bond donors (Lipinski definition) is 1. The van der Waals surface area contributed by atoms with Crippen molar-refractivity contribution in [1.82, 2.24) is 9.97 Å². The van der Waals surface area contributed by atoms with Gasteiger partial charge in [-0.25, -0.2) is 0 Å². The number of anilines is 1. The summed E-state index contributed by atoms with van der Waals surface area (Å²) in [4.78, 5) is 24.2. The highest BCUT2D eigenvalue weighted by Crippen LogP contribution is 2.41. The minimum Gasteiger partial charge on any atom is -0.543 e. The van der Waals surface area contributed by atoms with Crippen LogP contribution in [-0.2, 0) is 9.63 Å². The number of carboxylic acids is 1. The molecule has 0 bridgehead atoms. The normalized spacial score (nSPS) is 12.6. The molecule has 0 radical (unpaired) electrons. The van der Waals surface area contributed by atoms with E-state index in [1.165, 1.54) is 18.4 Å². The molecule has 112 valence electrons. The maximum atomic E-state index is 11.1. The monoisotopic (exact) mass is 334 g/mol. The van der Waals surface area contributed by atoms with Crippen molar-refractivity contribution in [2.75, 3.05) is 12.8 Å². The van der Waals surface area contributed by atoms with Gasteiger partial charge in [-0.3, -0.25) is 0 Å². The van der Waals surface area contributed by atoms with Crippen molar-refractivity contribution in [3.8, 4) is 4.34 Å². The highest BCUT2D eigenvalue weighted by molar-refractivity contribution is 7.52. The fourth-order valence-electron chi connectivity index (χ4n) is 1.84. The van der Waals surface area contributed by atoms with Crippen LogP contribution < -0.4 is 10.8 Å². The molecule has 0 fully saturated rings. The molecule has 0 saturated heterocycles. The molecule has 3 rings (SSSR count). The number of nitrogen functional groups attached to an aromatic ring is 1. The first kappa shape index (κ1) is 14.4. The Morgan fingerprint density at radius 2 is 2.18 bits per heavy atom. The number of aliphatic carboxylic acids is 1. The molecular weight excluding hydrogens is 324 g/mol. The Morgan fingerprint density at radius 1 is 1.41 bits per heavy atom. The fraction of sp³-hybridized carbons (Fsp3) is 0.0769. The molecule has 0 aliphatic heterocycles. The maximum absolute atomic E-state index is 11.1. The number of hydrogen-bond acceptors (Lipinski definition) is 8. The van der Waals surface area contributed by atoms with E-state index < -0.39 is 16.4 Å². The van der Waals surface area contributed by atoms with E-state index in [2.05, 4.69) is 20.0 Å². The molecule has 22 heavy (non-hydrogen) atoms. The van der Waals surface area contributed by atoms with Crippen molar-refractivity contribution in [2.24, 2.45) is 5.16 Å². The molecular formula is C13H10N4O3S2. The minimum atomic E-state index is -1.47. The molecule has 0 aliphatic carbocycles. The van der Waals surface area contributed by atoms with E-state index >= 15 is 0 Å². The number of aromatic nitrogens is 2. The van der Waals surface area contributed by atoms with E-state index in [-0.39, 0.29) is 11.4 Å². The van der Waals surface area contributed by atoms with Gasteiger partial charge in [0.2, 0.25) is 0 Å². The van der Waals surface area contributed by atoms with Gasteiger partial charge in [-0.05, 0) is 12.1 Å². The summed E-state index contributed by atoms with van der Waals surface area (Å²) in [7, 11) is 0.556. The predicted octanol–water partition coefficient (Wildman–Crippen LogP) is 1.11. The van der Waals surface area contributed by atoms with Gasteiger partial charge >= 0.3 is 9.47 Å². The topological polar surface area (TPSA) is 114 Å². The van der Waals surface area contributed by atoms with Crippen LogP contribution in [0.2, 0.25) is 0 Å². The number of benzene rings is 1. The number of carbonyl (C=O) groups is 1. The number of rotatable bonds is 4. The van der Waals surface area contributed by atoms with E-state index in [0.717, 1.165) is 14.6 Å². The van der Waals surface area contributed by atoms with Crippen LogP contribution in [0.3, 0.4) is 0 Å². The molecule has 0 aliphatic rings. The molecule has 1 atom stereocenters. The second-order valence-electron chi connectivity index (χ2n) is 4.15. The van der Waals surface area contributed by atoms with Crippen LogP contribution in [0.4, 0.5) is 5.13 Å². The van der Waals surface area contributed by atoms with E-state index in [4.69, 9.17) is 5.73 Å². The molecule has 1 aromatic carbocycles. The Labute approximate surface area is 131 Å². The maximum Gasteiger partial charge on any atom is 0.345 e. The highest BCUT2D eigenvalue weighted by Gasteiger charge is 2.26. The second kappa shape index (κ2) is 5.70. The van der Waals surface area contributed by atoms with Gasteiger partial charge in [0.05, 0.1) is 26.7 Å². The Balaban J connectivity index is 2.09. The van der Waals surface area contributed by atoms with E-state index in [1.807, 2.05) is 24.3 Å². The summed E-state index contributed by atoms with van der Waals surface area (Å²) < 4.78 is 1.80. The summed E-state index contributed by atoms with van der Waals surface area (Å²) in [6, 6.07) is 7.71. The molecule has 2 aromatic heterocycles. The number of oxime groups is 1. The first-order chi connectivity index (χ1) is 10.6. The Morgan fingerprint density at radius 3 is 2.86 bits per heavy atom. The second-order valence-corrected chi connectivity index (χ2v) is 7.15. The average Bonchev–Trinajstić information content (AvgIpc) is 3.07. The van der Waals surface area contributed by atoms with E-state index in [9.17, 15) is 9.90 Å². The van der Waals surface area contributed by atoms with Crippen molar-refractivity contribution in [3.63, 3.8) is 0 Å². The Hall–Kier alpha value is -2.52. The van der Waals surface area contributed by atoms with Gasteiger partial charge in [0.1, 0.15) is 7.11 Å². The highest BCUT2D eigenvalue weighted by atomic mass is 32.2. The molecule has 1 unspecified atom stereocenters. The van der Waals surface area contributed by atoms with E-state index in [0.29, 0.717) is 5.13 Å². The summed E-state index contributed by atoms with van der Waals surface area (Å²) in [5.41, 5.74) is 6.54. The Kier molecular flexibility index (Phi) is 3.73. The standard InChI is InChI=1S/C13H10N4O3S2/c1-20-17-10(11(18)19)8-6-22(12(14)15-8)13-16-7-4-2-3-5-9(7)21-13/h2-6H,1H3,(H2-,14,15,18,19)/b17-10+. The lowest BCUT2D eigenvalue weighted by Gasteiger charge is -2.00. The molecule has 0 saturated carbocycles. The lowest BCUT2D eigenvalue weighted by Crippen LogP contribution is -2.32. The molecule has 2 heterocycles. The van der Waals surface area contributed by atoms with Gasteiger partial charge in [0.15, 0.2) is 16.8 Å². The zero-order chi connectivity index (χ0) is 15.7. The number of nitrogens with zero attached hydrogens (tertiary/aromatic N) is 3. The van der Waals surface area contributed by atoms with Gasteiger partial charge in [-0.2, -0.15) is 9.97 Å². The van der Waals surface area contributed by atoms with Crippen molar-refractivity contribution in [3.05, 3.63) is 35.3 Å². The predicted molar refractivity (Wildman–Crippen MR) is 84.2 cm³/mol. The number of nitrogens with two attached hydrogens (primary N) is 1. The summed E-state index contributed by atoms with van der Waals surface area (Å²) in [5.74, 6) is -1.47. The summed E-state index contributed by atoms with van der Waals surface area (Å²) >= 11 is 1.50. The van der Waals surface area contributed by atoms with Gasteiger partial charge in [-0.15, -0.1) is 0 Å². The van der Waals surface area contributed by atoms with Crippen molar-refractivity contribution < 1.29 is 14.7 Å². The van der Waals surface area contributed by atoms with Crippen LogP contribution in [0.15, 0.2) is 34.8 Å². The summed E-state index contributed by atoms with van der Waals surface area (Å²) in [5, 5.41) is 16.4. The summed E-state index contributed by atoms with van der Waals surface area (Å²) in [6.07, 6.45) is 0. The average molecular weight is 334 g/mol. The molecule has 2 N–H and O–H groups in total. The quantitative estimate of drug-likeness (QED) is 0.434. The third kappa shape index (κ3) is 2.51. The first-order valence-electron chi connectivity index (χ1n) is 6.07. The van der Waals surface area contributed by atoms with Crippen molar-refractivity contribution in [1.29, 1.82) is 0 Å². The molecule has 0 spiro atoms. The Bertz CT molecular complexity index is 851. The van der Waals surface area contributed by atoms with Gasteiger partial charge < -0.3 is 20.5 Å². The number of fused-ring (bicyclic) bond motifs is 1. The van der Waals surface area contributed by atoms with Crippen LogP contribution in [0.1, 0.15) is 5.69 Å². The van der Waals surface area contributed by atoms with Gasteiger partial charge in [-0.1, -0.05) is 28.6 Å². The lowest BCUT2D eigenvalue weighted by atomic mass is 10.3. The number of para-hydroxylation sites is 1. The van der Waals surface area contributed by atoms with Crippen LogP contribution in [-0.4, -0.2) is 28.8 Å².